The van der Waals surface area contributed by atoms with Crippen LogP contribution in [0.5, 0.6) is 5.88 Å². The molecule has 0 radical (unpaired) electrons. The van der Waals surface area contributed by atoms with Crippen LogP contribution in [0.3, 0.4) is 0 Å². The molecule has 4 nitrogen and oxygen atoms in total. The topological polar surface area (TPSA) is 59.4 Å². The fraction of sp³-hybridized carbons (Fsp3) is 0.375. The highest BCUT2D eigenvalue weighted by atomic mass is 16.5. The van der Waals surface area contributed by atoms with Crippen molar-refractivity contribution in [2.75, 3.05) is 7.11 Å². The predicted molar refractivity (Wildman–Crippen MR) is 151 cm³/mol. The Morgan fingerprint density at radius 2 is 1.64 bits per heavy atom. The summed E-state index contributed by atoms with van der Waals surface area (Å²) in [6, 6.07) is 17.3. The Bertz CT molecular complexity index is 1160. The molecular formula is C32H41NO3. The maximum Gasteiger partial charge on any atom is 0.335 e. The number of pyridine rings is 1. The van der Waals surface area contributed by atoms with Gasteiger partial charge in [-0.3, -0.25) is 0 Å². The number of carboxylic acid groups (broad SMARTS) is 1. The van der Waals surface area contributed by atoms with Gasteiger partial charge in [-0.1, -0.05) is 89.1 Å². The SMILES string of the molecule is C=C(CC)CCC(=C)C(c1cccc2nc(OC)ccc12)C(C)c1ccc(C(=O)O)cc1.CCCC. The minimum Gasteiger partial charge on any atom is -0.481 e. The molecule has 0 amide bonds. The van der Waals surface area contributed by atoms with E-state index in [0.717, 1.165) is 41.3 Å². The molecule has 0 spiro atoms. The van der Waals surface area contributed by atoms with Gasteiger partial charge in [0.25, 0.3) is 0 Å². The fourth-order valence-corrected chi connectivity index (χ4v) is 4.18. The third-order valence-electron chi connectivity index (χ3n) is 6.71. The highest BCUT2D eigenvalue weighted by Gasteiger charge is 2.26. The number of aromatic carboxylic acids is 1. The Morgan fingerprint density at radius 1 is 0.972 bits per heavy atom. The van der Waals surface area contributed by atoms with Crippen molar-refractivity contribution in [1.29, 1.82) is 0 Å². The average molecular weight is 488 g/mol. The lowest BCUT2D eigenvalue weighted by molar-refractivity contribution is 0.0697. The summed E-state index contributed by atoms with van der Waals surface area (Å²) in [5, 5.41) is 10.3. The molecule has 1 N–H and O–H groups in total. The lowest BCUT2D eigenvalue weighted by Gasteiger charge is -2.28. The largest absolute Gasteiger partial charge is 0.481 e. The summed E-state index contributed by atoms with van der Waals surface area (Å²) in [6.07, 6.45) is 5.37. The zero-order chi connectivity index (χ0) is 26.7. The first-order valence-corrected chi connectivity index (χ1v) is 12.9. The number of methoxy groups -OCH3 is 1. The number of aromatic nitrogens is 1. The normalized spacial score (nSPS) is 12.2. The fourth-order valence-electron chi connectivity index (χ4n) is 4.18. The molecule has 192 valence electrons. The van der Waals surface area contributed by atoms with Crippen molar-refractivity contribution in [2.24, 2.45) is 0 Å². The number of unbranched alkanes of at least 4 members (excludes halogenated alkanes) is 1. The van der Waals surface area contributed by atoms with Crippen LogP contribution in [0.25, 0.3) is 10.9 Å². The molecule has 2 atom stereocenters. The quantitative estimate of drug-likeness (QED) is 0.274. The Labute approximate surface area is 216 Å². The van der Waals surface area contributed by atoms with Gasteiger partial charge in [-0.2, -0.15) is 0 Å². The zero-order valence-corrected chi connectivity index (χ0v) is 22.5. The molecule has 0 aliphatic rings. The van der Waals surface area contributed by atoms with E-state index in [1.165, 1.54) is 24.0 Å². The van der Waals surface area contributed by atoms with Gasteiger partial charge >= 0.3 is 5.97 Å². The molecule has 0 saturated heterocycles. The summed E-state index contributed by atoms with van der Waals surface area (Å²) in [4.78, 5) is 15.9. The Balaban J connectivity index is 0.00000106. The first kappa shape index (κ1) is 28.8. The Hall–Kier alpha value is -3.40. The summed E-state index contributed by atoms with van der Waals surface area (Å²) in [6.45, 7) is 17.3. The molecule has 3 aromatic rings. The van der Waals surface area contributed by atoms with Crippen LogP contribution in [0.2, 0.25) is 0 Å². The highest BCUT2D eigenvalue weighted by Crippen LogP contribution is 2.42. The van der Waals surface area contributed by atoms with Crippen LogP contribution in [0.1, 0.15) is 93.1 Å². The highest BCUT2D eigenvalue weighted by molar-refractivity contribution is 5.87. The molecule has 2 aromatic carbocycles. The summed E-state index contributed by atoms with van der Waals surface area (Å²) < 4.78 is 5.31. The molecule has 0 aliphatic heterocycles. The molecule has 2 unspecified atom stereocenters. The van der Waals surface area contributed by atoms with E-state index in [9.17, 15) is 9.90 Å². The van der Waals surface area contributed by atoms with E-state index in [0.29, 0.717) is 5.88 Å². The van der Waals surface area contributed by atoms with E-state index in [-0.39, 0.29) is 17.4 Å². The second kappa shape index (κ2) is 14.2. The second-order valence-electron chi connectivity index (χ2n) is 9.22. The van der Waals surface area contributed by atoms with Crippen LogP contribution in [-0.4, -0.2) is 23.2 Å². The minimum absolute atomic E-state index is 0.0502. The van der Waals surface area contributed by atoms with Gasteiger partial charge in [0.1, 0.15) is 0 Å². The van der Waals surface area contributed by atoms with Gasteiger partial charge in [-0.05, 0) is 60.6 Å². The molecule has 0 saturated carbocycles. The van der Waals surface area contributed by atoms with E-state index in [2.05, 4.69) is 58.0 Å². The zero-order valence-electron chi connectivity index (χ0n) is 22.5. The smallest absolute Gasteiger partial charge is 0.335 e. The summed E-state index contributed by atoms with van der Waals surface area (Å²) in [7, 11) is 1.62. The maximum atomic E-state index is 11.3. The molecule has 0 fully saturated rings. The minimum atomic E-state index is -0.919. The van der Waals surface area contributed by atoms with E-state index in [1.807, 2.05) is 30.3 Å². The lowest BCUT2D eigenvalue weighted by Crippen LogP contribution is -2.12. The Kier molecular flexibility index (Phi) is 11.4. The Morgan fingerprint density at radius 3 is 2.19 bits per heavy atom. The van der Waals surface area contributed by atoms with Crippen LogP contribution < -0.4 is 4.74 Å². The van der Waals surface area contributed by atoms with E-state index in [4.69, 9.17) is 4.74 Å². The van der Waals surface area contributed by atoms with Crippen molar-refractivity contribution in [3.8, 4) is 5.88 Å². The van der Waals surface area contributed by atoms with Gasteiger partial charge in [0.15, 0.2) is 0 Å². The number of carboxylic acids is 1. The first-order chi connectivity index (χ1) is 17.3. The number of benzene rings is 2. The van der Waals surface area contributed by atoms with Gasteiger partial charge in [0.2, 0.25) is 5.88 Å². The summed E-state index contributed by atoms with van der Waals surface area (Å²) >= 11 is 0. The third-order valence-corrected chi connectivity index (χ3v) is 6.71. The van der Waals surface area contributed by atoms with Crippen LogP contribution in [0.4, 0.5) is 0 Å². The standard InChI is InChI=1S/C28H31NO3.C4H10/c1-6-18(2)10-11-19(3)27(20(4)21-12-14-22(15-13-21)28(30)31)24-8-7-9-25-23(24)16-17-26(29-25)32-5;1-3-4-2/h7-9,12-17,20,27H,2-3,6,10-11H2,1,4-5H3,(H,30,31);3-4H2,1-2H3. The van der Waals surface area contributed by atoms with Crippen molar-refractivity contribution >= 4 is 16.9 Å². The number of ether oxygens (including phenoxy) is 1. The lowest BCUT2D eigenvalue weighted by atomic mass is 9.75. The van der Waals surface area contributed by atoms with Gasteiger partial charge in [0.05, 0.1) is 18.2 Å². The van der Waals surface area contributed by atoms with Crippen LogP contribution in [0.15, 0.2) is 78.9 Å². The third kappa shape index (κ3) is 7.55. The monoisotopic (exact) mass is 487 g/mol. The van der Waals surface area contributed by atoms with Crippen LogP contribution in [0, 0.1) is 0 Å². The average Bonchev–Trinajstić information content (AvgIpc) is 2.91. The van der Waals surface area contributed by atoms with E-state index in [1.54, 1.807) is 19.2 Å². The second-order valence-corrected chi connectivity index (χ2v) is 9.22. The first-order valence-electron chi connectivity index (χ1n) is 12.9. The maximum absolute atomic E-state index is 11.3. The number of hydrogen-bond donors (Lipinski definition) is 1. The molecule has 0 bridgehead atoms. The van der Waals surface area contributed by atoms with Crippen LogP contribution in [-0.2, 0) is 0 Å². The summed E-state index contributed by atoms with van der Waals surface area (Å²) in [5.74, 6) is -0.180. The van der Waals surface area contributed by atoms with Gasteiger partial charge in [-0.25, -0.2) is 9.78 Å². The van der Waals surface area contributed by atoms with Gasteiger partial charge in [-0.15, -0.1) is 0 Å². The van der Waals surface area contributed by atoms with E-state index >= 15 is 0 Å². The molecule has 1 heterocycles. The van der Waals surface area contributed by atoms with Gasteiger partial charge < -0.3 is 9.84 Å². The number of nitrogens with zero attached hydrogens (tertiary/aromatic N) is 1. The van der Waals surface area contributed by atoms with Crippen molar-refractivity contribution < 1.29 is 14.6 Å². The number of hydrogen-bond acceptors (Lipinski definition) is 3. The molecule has 3 rings (SSSR count). The number of fused-ring (bicyclic) bond motifs is 1. The van der Waals surface area contributed by atoms with Crippen LogP contribution >= 0.6 is 0 Å². The van der Waals surface area contributed by atoms with Crippen molar-refractivity contribution in [3.05, 3.63) is 95.6 Å². The molecule has 4 heteroatoms. The molecule has 0 aliphatic carbocycles. The van der Waals surface area contributed by atoms with Crippen molar-refractivity contribution in [3.63, 3.8) is 0 Å². The van der Waals surface area contributed by atoms with Crippen molar-refractivity contribution in [2.45, 2.75) is 71.6 Å². The van der Waals surface area contributed by atoms with Gasteiger partial charge in [0, 0.05) is 17.4 Å². The van der Waals surface area contributed by atoms with Crippen molar-refractivity contribution in [1.82, 2.24) is 4.98 Å². The molecule has 1 aromatic heterocycles. The summed E-state index contributed by atoms with van der Waals surface area (Å²) in [5.41, 5.74) is 5.77. The number of rotatable bonds is 11. The number of allylic oxidation sites excluding steroid dienone is 2. The molecule has 36 heavy (non-hydrogen) atoms. The molecular weight excluding hydrogens is 446 g/mol. The van der Waals surface area contributed by atoms with E-state index < -0.39 is 5.97 Å². The predicted octanol–water partition coefficient (Wildman–Crippen LogP) is 8.94. The number of carbonyl (C=O) groups is 1.